The van der Waals surface area contributed by atoms with Crippen molar-refractivity contribution < 1.29 is 14.6 Å². The third kappa shape index (κ3) is 2.12. The van der Waals surface area contributed by atoms with E-state index in [4.69, 9.17) is 4.74 Å². The summed E-state index contributed by atoms with van der Waals surface area (Å²) in [4.78, 5) is 24.1. The van der Waals surface area contributed by atoms with Crippen LogP contribution in [0.3, 0.4) is 0 Å². The average molecular weight is 291 g/mol. The van der Waals surface area contributed by atoms with Gasteiger partial charge in [0.15, 0.2) is 5.78 Å². The lowest BCUT2D eigenvalue weighted by atomic mass is 9.84. The Morgan fingerprint density at radius 1 is 1.43 bits per heavy atom. The molecule has 1 atom stereocenters. The molecule has 0 unspecified atom stereocenters. The summed E-state index contributed by atoms with van der Waals surface area (Å²) in [6.45, 7) is 10.0. The fourth-order valence-corrected chi connectivity index (χ4v) is 2.81. The number of ketones is 1. The molecule has 1 N–H and O–H groups in total. The number of aliphatic hydroxyl groups is 1. The first kappa shape index (κ1) is 15.5. The van der Waals surface area contributed by atoms with Crippen LogP contribution in [0.5, 0.6) is 0 Å². The van der Waals surface area contributed by atoms with Crippen molar-refractivity contribution in [1.29, 1.82) is 0 Å². The summed E-state index contributed by atoms with van der Waals surface area (Å²) in [6, 6.07) is 1.63. The van der Waals surface area contributed by atoms with Gasteiger partial charge in [0.1, 0.15) is 18.0 Å². The SMILES string of the molecule is C=C1OCc2c(cc3n(c2=O)CCC3=O)[C@@]1(O)CC.CC. The van der Waals surface area contributed by atoms with Crippen LogP contribution in [0.4, 0.5) is 0 Å². The second kappa shape index (κ2) is 5.48. The fraction of sp³-hybridized carbons (Fsp3) is 0.500. The molecule has 0 saturated heterocycles. The van der Waals surface area contributed by atoms with Crippen LogP contribution in [0.2, 0.25) is 0 Å². The summed E-state index contributed by atoms with van der Waals surface area (Å²) in [6.07, 6.45) is 0.681. The van der Waals surface area contributed by atoms with E-state index < -0.39 is 5.60 Å². The molecule has 5 nitrogen and oxygen atoms in total. The lowest BCUT2D eigenvalue weighted by molar-refractivity contribution is -0.0173. The van der Waals surface area contributed by atoms with Gasteiger partial charge in [-0.2, -0.15) is 0 Å². The molecule has 114 valence electrons. The highest BCUT2D eigenvalue weighted by Gasteiger charge is 2.41. The maximum Gasteiger partial charge on any atom is 0.258 e. The van der Waals surface area contributed by atoms with E-state index in [0.717, 1.165) is 0 Å². The second-order valence-electron chi connectivity index (χ2n) is 4.98. The molecular formula is C16H21NO4. The van der Waals surface area contributed by atoms with Crippen molar-refractivity contribution in [3.63, 3.8) is 0 Å². The van der Waals surface area contributed by atoms with E-state index in [1.54, 1.807) is 13.0 Å². The van der Waals surface area contributed by atoms with Gasteiger partial charge in [0, 0.05) is 18.5 Å². The third-order valence-electron chi connectivity index (χ3n) is 4.06. The number of Topliss-reactive ketones (excluding diaryl/α,β-unsaturated/α-hetero) is 1. The molecule has 1 aromatic rings. The van der Waals surface area contributed by atoms with Gasteiger partial charge in [0.05, 0.1) is 11.3 Å². The Morgan fingerprint density at radius 2 is 2.10 bits per heavy atom. The van der Waals surface area contributed by atoms with Gasteiger partial charge < -0.3 is 14.4 Å². The van der Waals surface area contributed by atoms with E-state index in [9.17, 15) is 14.7 Å². The van der Waals surface area contributed by atoms with Crippen LogP contribution in [-0.4, -0.2) is 15.5 Å². The molecule has 0 amide bonds. The van der Waals surface area contributed by atoms with E-state index in [-0.39, 0.29) is 23.7 Å². The summed E-state index contributed by atoms with van der Waals surface area (Å²) >= 11 is 0. The average Bonchev–Trinajstić information content (AvgIpc) is 2.88. The van der Waals surface area contributed by atoms with Crippen LogP contribution in [0.25, 0.3) is 0 Å². The highest BCUT2D eigenvalue weighted by atomic mass is 16.5. The summed E-state index contributed by atoms with van der Waals surface area (Å²) in [5, 5.41) is 10.7. The predicted molar refractivity (Wildman–Crippen MR) is 79.1 cm³/mol. The van der Waals surface area contributed by atoms with Crippen molar-refractivity contribution >= 4 is 5.78 Å². The lowest BCUT2D eigenvalue weighted by Crippen LogP contribution is -2.39. The van der Waals surface area contributed by atoms with E-state index in [1.165, 1.54) is 4.57 Å². The lowest BCUT2D eigenvalue weighted by Gasteiger charge is -2.35. The first-order valence-corrected chi connectivity index (χ1v) is 7.34. The number of hydrogen-bond acceptors (Lipinski definition) is 4. The molecule has 21 heavy (non-hydrogen) atoms. The minimum absolute atomic E-state index is 0.0598. The third-order valence-corrected chi connectivity index (χ3v) is 4.06. The van der Waals surface area contributed by atoms with Crippen LogP contribution >= 0.6 is 0 Å². The number of carbonyl (C=O) groups excluding carboxylic acids is 1. The Labute approximate surface area is 123 Å². The van der Waals surface area contributed by atoms with Crippen LogP contribution in [-0.2, 0) is 23.5 Å². The first-order chi connectivity index (χ1) is 9.99. The van der Waals surface area contributed by atoms with Gasteiger partial charge >= 0.3 is 0 Å². The Balaban J connectivity index is 0.000000774. The minimum Gasteiger partial charge on any atom is -0.490 e. The van der Waals surface area contributed by atoms with Crippen molar-refractivity contribution in [2.45, 2.75) is 52.4 Å². The van der Waals surface area contributed by atoms with Crippen molar-refractivity contribution in [2.24, 2.45) is 0 Å². The second-order valence-corrected chi connectivity index (χ2v) is 4.98. The number of pyridine rings is 1. The van der Waals surface area contributed by atoms with Crippen LogP contribution in [0.15, 0.2) is 23.2 Å². The van der Waals surface area contributed by atoms with Crippen LogP contribution in [0.1, 0.15) is 55.2 Å². The topological polar surface area (TPSA) is 68.5 Å². The Hall–Kier alpha value is -1.88. The summed E-state index contributed by atoms with van der Waals surface area (Å²) in [5.74, 6) is 0.174. The van der Waals surface area contributed by atoms with Crippen LogP contribution < -0.4 is 5.56 Å². The Kier molecular flexibility index (Phi) is 4.05. The predicted octanol–water partition coefficient (Wildman–Crippen LogP) is 2.10. The minimum atomic E-state index is -1.38. The molecule has 3 heterocycles. The molecule has 2 aliphatic heterocycles. The molecule has 0 aromatic carbocycles. The number of carbonyl (C=O) groups is 1. The molecule has 0 bridgehead atoms. The van der Waals surface area contributed by atoms with Crippen LogP contribution in [0, 0.1) is 0 Å². The number of aromatic nitrogens is 1. The highest BCUT2D eigenvalue weighted by molar-refractivity contribution is 5.96. The van der Waals surface area contributed by atoms with Gasteiger partial charge in [-0.3, -0.25) is 9.59 Å². The van der Waals surface area contributed by atoms with Crippen molar-refractivity contribution in [1.82, 2.24) is 4.57 Å². The van der Waals surface area contributed by atoms with E-state index >= 15 is 0 Å². The normalized spacial score (nSPS) is 22.9. The van der Waals surface area contributed by atoms with Gasteiger partial charge in [0.25, 0.3) is 5.56 Å². The quantitative estimate of drug-likeness (QED) is 0.860. The van der Waals surface area contributed by atoms with Gasteiger partial charge in [-0.15, -0.1) is 0 Å². The molecule has 0 saturated carbocycles. The van der Waals surface area contributed by atoms with E-state index in [0.29, 0.717) is 36.2 Å². The van der Waals surface area contributed by atoms with Crippen molar-refractivity contribution in [3.05, 3.63) is 45.6 Å². The molecule has 2 aliphatic rings. The molecular weight excluding hydrogens is 270 g/mol. The van der Waals surface area contributed by atoms with Gasteiger partial charge in [-0.05, 0) is 12.5 Å². The zero-order valence-electron chi connectivity index (χ0n) is 12.7. The Bertz CT molecular complexity index is 659. The molecule has 0 fully saturated rings. The van der Waals surface area contributed by atoms with Crippen molar-refractivity contribution in [3.8, 4) is 0 Å². The zero-order chi connectivity index (χ0) is 15.8. The van der Waals surface area contributed by atoms with Gasteiger partial charge in [-0.1, -0.05) is 27.4 Å². The Morgan fingerprint density at radius 3 is 2.71 bits per heavy atom. The zero-order valence-corrected chi connectivity index (χ0v) is 12.7. The van der Waals surface area contributed by atoms with E-state index in [1.807, 2.05) is 13.8 Å². The summed E-state index contributed by atoms with van der Waals surface area (Å²) in [7, 11) is 0. The standard InChI is InChI=1S/C14H15NO4.C2H6/c1-3-14(18)8(2)19-7-9-10(14)6-11-12(16)4-5-15(11)13(9)17;1-2/h6,18H,2-5,7H2,1H3;1-2H3/t14-;/m1./s1. The fourth-order valence-electron chi connectivity index (χ4n) is 2.81. The molecule has 3 rings (SSSR count). The van der Waals surface area contributed by atoms with Gasteiger partial charge in [0.2, 0.25) is 0 Å². The molecule has 0 spiro atoms. The number of rotatable bonds is 1. The highest BCUT2D eigenvalue weighted by Crippen LogP contribution is 2.39. The summed E-state index contributed by atoms with van der Waals surface area (Å²) < 4.78 is 6.80. The monoisotopic (exact) mass is 291 g/mol. The van der Waals surface area contributed by atoms with E-state index in [2.05, 4.69) is 6.58 Å². The first-order valence-electron chi connectivity index (χ1n) is 7.34. The number of ether oxygens (including phenoxy) is 1. The molecule has 0 radical (unpaired) electrons. The molecule has 1 aromatic heterocycles. The maximum atomic E-state index is 12.4. The number of fused-ring (bicyclic) bond motifs is 2. The number of hydrogen-bond donors (Lipinski definition) is 1. The maximum absolute atomic E-state index is 12.4. The largest absolute Gasteiger partial charge is 0.490 e. The molecule has 5 heteroatoms. The van der Waals surface area contributed by atoms with Crippen molar-refractivity contribution in [2.75, 3.05) is 0 Å². The van der Waals surface area contributed by atoms with Gasteiger partial charge in [-0.25, -0.2) is 0 Å². The number of nitrogens with zero attached hydrogens (tertiary/aromatic N) is 1. The summed E-state index contributed by atoms with van der Waals surface area (Å²) in [5.41, 5.74) is -0.346. The smallest absolute Gasteiger partial charge is 0.258 e. The molecule has 0 aliphatic carbocycles.